The number of nitrogens with one attached hydrogen (secondary N) is 1. The number of allylic oxidation sites excluding steroid dienone is 5. The Bertz CT molecular complexity index is 1370. The van der Waals surface area contributed by atoms with Crippen LogP contribution in [0.3, 0.4) is 0 Å². The van der Waals surface area contributed by atoms with Crippen molar-refractivity contribution in [3.8, 4) is 0 Å². The molecule has 0 unspecified atom stereocenters. The molecular formula is C23H19FN4O2. The number of hydrogen-bond acceptors (Lipinski definition) is 3. The van der Waals surface area contributed by atoms with Gasteiger partial charge in [0.25, 0.3) is 5.56 Å². The quantitative estimate of drug-likeness (QED) is 0.299. The number of aromatic amines is 1. The second kappa shape index (κ2) is 7.79. The largest absolute Gasteiger partial charge is 0.356 e. The number of halogens is 1. The Labute approximate surface area is 171 Å². The first-order valence-corrected chi connectivity index (χ1v) is 9.36. The molecule has 150 valence electrons. The number of carbonyl (C=O) groups excluding carboxylic acids is 1. The molecule has 4 rings (SSSR count). The monoisotopic (exact) mass is 402 g/mol. The third-order valence-electron chi connectivity index (χ3n) is 4.86. The highest BCUT2D eigenvalue weighted by atomic mass is 19.1. The number of fused-ring (bicyclic) bond motifs is 2. The molecule has 0 bridgehead atoms. The van der Waals surface area contributed by atoms with Crippen LogP contribution in [-0.4, -0.2) is 24.7 Å². The first-order valence-electron chi connectivity index (χ1n) is 9.36. The summed E-state index contributed by atoms with van der Waals surface area (Å²) >= 11 is 0. The molecular weight excluding hydrogens is 383 g/mol. The smallest absolute Gasteiger partial charge is 0.275 e. The van der Waals surface area contributed by atoms with Gasteiger partial charge in [0.1, 0.15) is 17.0 Å². The van der Waals surface area contributed by atoms with Crippen molar-refractivity contribution in [2.24, 2.45) is 0 Å². The van der Waals surface area contributed by atoms with E-state index in [0.717, 1.165) is 17.4 Å². The fourth-order valence-electron chi connectivity index (χ4n) is 3.43. The van der Waals surface area contributed by atoms with E-state index < -0.39 is 11.6 Å². The molecule has 7 heteroatoms. The van der Waals surface area contributed by atoms with Crippen molar-refractivity contribution in [1.29, 1.82) is 0 Å². The van der Waals surface area contributed by atoms with Gasteiger partial charge in [0.2, 0.25) is 0 Å². The van der Waals surface area contributed by atoms with E-state index in [-0.39, 0.29) is 28.8 Å². The number of carbonyl (C=O) groups is 1. The lowest BCUT2D eigenvalue weighted by atomic mass is 10.0. The van der Waals surface area contributed by atoms with Gasteiger partial charge >= 0.3 is 0 Å². The fraction of sp³-hybridized carbons (Fsp3) is 0.0870. The average Bonchev–Trinajstić information content (AvgIpc) is 3.34. The Morgan fingerprint density at radius 3 is 2.87 bits per heavy atom. The van der Waals surface area contributed by atoms with Gasteiger partial charge in [-0.25, -0.2) is 9.37 Å². The van der Waals surface area contributed by atoms with Crippen molar-refractivity contribution in [2.45, 2.75) is 13.5 Å². The molecule has 0 saturated heterocycles. The maximum absolute atomic E-state index is 14.2. The topological polar surface area (TPSA) is 72.2 Å². The van der Waals surface area contributed by atoms with Crippen LogP contribution in [0.1, 0.15) is 23.0 Å². The van der Waals surface area contributed by atoms with Crippen LogP contribution in [0.4, 0.5) is 4.39 Å². The van der Waals surface area contributed by atoms with Gasteiger partial charge in [-0.3, -0.25) is 9.59 Å². The molecule has 0 radical (unpaired) electrons. The SMILES string of the molecule is C=C/C=C(F)\C(=C\C)C(=O)c1c[nH]c2c(=O)n(Cc3cn4ccccc4n3)ccc12. The molecule has 0 fully saturated rings. The van der Waals surface area contributed by atoms with Crippen LogP contribution >= 0.6 is 0 Å². The first kappa shape index (κ1) is 19.3. The predicted molar refractivity (Wildman–Crippen MR) is 114 cm³/mol. The van der Waals surface area contributed by atoms with E-state index in [0.29, 0.717) is 5.39 Å². The second-order valence-corrected chi connectivity index (χ2v) is 6.72. The zero-order chi connectivity index (χ0) is 21.3. The Morgan fingerprint density at radius 2 is 2.13 bits per heavy atom. The van der Waals surface area contributed by atoms with Gasteiger partial charge in [0.05, 0.1) is 17.8 Å². The van der Waals surface area contributed by atoms with Gasteiger partial charge < -0.3 is 14.0 Å². The van der Waals surface area contributed by atoms with Crippen molar-refractivity contribution in [3.63, 3.8) is 0 Å². The van der Waals surface area contributed by atoms with E-state index in [1.165, 1.54) is 22.9 Å². The number of rotatable bonds is 6. The molecule has 6 nitrogen and oxygen atoms in total. The molecule has 0 atom stereocenters. The van der Waals surface area contributed by atoms with E-state index >= 15 is 0 Å². The summed E-state index contributed by atoms with van der Waals surface area (Å²) in [6, 6.07) is 7.36. The van der Waals surface area contributed by atoms with E-state index in [1.54, 1.807) is 19.2 Å². The third-order valence-corrected chi connectivity index (χ3v) is 4.86. The van der Waals surface area contributed by atoms with E-state index in [2.05, 4.69) is 16.5 Å². The van der Waals surface area contributed by atoms with Crippen LogP contribution < -0.4 is 5.56 Å². The lowest BCUT2D eigenvalue weighted by Gasteiger charge is -2.05. The number of pyridine rings is 2. The van der Waals surface area contributed by atoms with Crippen molar-refractivity contribution >= 4 is 22.3 Å². The Kier molecular flexibility index (Phi) is 5.02. The zero-order valence-corrected chi connectivity index (χ0v) is 16.3. The van der Waals surface area contributed by atoms with Crippen LogP contribution in [0.15, 0.2) is 90.1 Å². The summed E-state index contributed by atoms with van der Waals surface area (Å²) in [7, 11) is 0. The molecule has 0 aliphatic heterocycles. The van der Waals surface area contributed by atoms with Crippen molar-refractivity contribution in [3.05, 3.63) is 107 Å². The Balaban J connectivity index is 1.71. The van der Waals surface area contributed by atoms with Crippen LogP contribution in [-0.2, 0) is 6.54 Å². The predicted octanol–water partition coefficient (Wildman–Crippen LogP) is 4.19. The average molecular weight is 402 g/mol. The van der Waals surface area contributed by atoms with Gasteiger partial charge in [-0.2, -0.15) is 0 Å². The number of Topliss-reactive ketones (excluding diaryl/α,β-unsaturated/α-hetero) is 1. The van der Waals surface area contributed by atoms with Gasteiger partial charge in [0, 0.05) is 35.7 Å². The summed E-state index contributed by atoms with van der Waals surface area (Å²) in [5, 5.41) is 0.446. The number of ketones is 1. The second-order valence-electron chi connectivity index (χ2n) is 6.72. The minimum Gasteiger partial charge on any atom is -0.356 e. The Morgan fingerprint density at radius 1 is 1.30 bits per heavy atom. The molecule has 4 aromatic rings. The molecule has 0 saturated carbocycles. The highest BCUT2D eigenvalue weighted by Crippen LogP contribution is 2.23. The maximum Gasteiger partial charge on any atom is 0.275 e. The molecule has 4 heterocycles. The summed E-state index contributed by atoms with van der Waals surface area (Å²) in [4.78, 5) is 33.1. The normalized spacial score (nSPS) is 12.6. The molecule has 0 amide bonds. The number of H-pyrrole nitrogens is 1. The van der Waals surface area contributed by atoms with Crippen LogP contribution in [0.25, 0.3) is 16.6 Å². The van der Waals surface area contributed by atoms with Gasteiger partial charge in [-0.15, -0.1) is 0 Å². The highest BCUT2D eigenvalue weighted by molar-refractivity contribution is 6.17. The zero-order valence-electron chi connectivity index (χ0n) is 16.3. The van der Waals surface area contributed by atoms with Crippen LogP contribution in [0.5, 0.6) is 0 Å². The lowest BCUT2D eigenvalue weighted by molar-refractivity contribution is 0.103. The molecule has 4 aromatic heterocycles. The van der Waals surface area contributed by atoms with Crippen molar-refractivity contribution < 1.29 is 9.18 Å². The van der Waals surface area contributed by atoms with Crippen molar-refractivity contribution in [1.82, 2.24) is 18.9 Å². The van der Waals surface area contributed by atoms with Gasteiger partial charge in [-0.05, 0) is 31.2 Å². The van der Waals surface area contributed by atoms with Crippen molar-refractivity contribution in [2.75, 3.05) is 0 Å². The number of nitrogens with zero attached hydrogens (tertiary/aromatic N) is 3. The fourth-order valence-corrected chi connectivity index (χ4v) is 3.43. The minimum atomic E-state index is -0.674. The molecule has 0 aromatic carbocycles. The number of hydrogen-bond donors (Lipinski definition) is 1. The van der Waals surface area contributed by atoms with E-state index in [4.69, 9.17) is 0 Å². The minimum absolute atomic E-state index is 0.0790. The molecule has 30 heavy (non-hydrogen) atoms. The third kappa shape index (κ3) is 3.30. The highest BCUT2D eigenvalue weighted by Gasteiger charge is 2.20. The van der Waals surface area contributed by atoms with Gasteiger partial charge in [0.15, 0.2) is 5.78 Å². The number of imidazole rings is 1. The van der Waals surface area contributed by atoms with Crippen LogP contribution in [0.2, 0.25) is 0 Å². The summed E-state index contributed by atoms with van der Waals surface area (Å²) in [6.07, 6.45) is 10.6. The Hall–Kier alpha value is -4.00. The summed E-state index contributed by atoms with van der Waals surface area (Å²) < 4.78 is 17.6. The molecule has 0 aliphatic rings. The van der Waals surface area contributed by atoms with E-state index in [9.17, 15) is 14.0 Å². The number of aromatic nitrogens is 4. The summed E-state index contributed by atoms with van der Waals surface area (Å²) in [5.41, 5.74) is 1.69. The summed E-state index contributed by atoms with van der Waals surface area (Å²) in [6.45, 7) is 5.32. The molecule has 0 aliphatic carbocycles. The van der Waals surface area contributed by atoms with E-state index in [1.807, 2.05) is 35.0 Å². The molecule has 1 N–H and O–H groups in total. The maximum atomic E-state index is 14.2. The summed E-state index contributed by atoms with van der Waals surface area (Å²) in [5.74, 6) is -1.18. The molecule has 0 spiro atoms. The lowest BCUT2D eigenvalue weighted by Crippen LogP contribution is -2.20. The first-order chi connectivity index (χ1) is 14.5. The van der Waals surface area contributed by atoms with Crippen LogP contribution in [0, 0.1) is 0 Å². The standard InChI is InChI=1S/C23H19FN4O2/c1-3-7-19(24)16(4-2)22(29)18-12-25-21-17(18)9-11-28(23(21)30)14-15-13-27-10-6-5-8-20(27)26-15/h3-13,25H,1,14H2,2H3/b16-4-,19-7+. The van der Waals surface area contributed by atoms with Gasteiger partial charge in [-0.1, -0.05) is 24.8 Å².